The molecule has 1 aromatic carbocycles. The molecule has 108 valence electrons. The second kappa shape index (κ2) is 5.71. The Labute approximate surface area is 118 Å². The van der Waals surface area contributed by atoms with Gasteiger partial charge >= 0.3 is 0 Å². The van der Waals surface area contributed by atoms with Crippen molar-refractivity contribution in [2.24, 2.45) is 0 Å². The molecule has 1 amide bonds. The van der Waals surface area contributed by atoms with Crippen LogP contribution in [-0.2, 0) is 4.79 Å². The molecule has 1 aliphatic heterocycles. The van der Waals surface area contributed by atoms with Crippen molar-refractivity contribution in [3.63, 3.8) is 0 Å². The van der Waals surface area contributed by atoms with Gasteiger partial charge in [0.2, 0.25) is 6.10 Å². The first-order valence-electron chi connectivity index (χ1n) is 7.09. The highest BCUT2D eigenvalue weighted by Gasteiger charge is 2.36. The minimum atomic E-state index is -0.614. The van der Waals surface area contributed by atoms with Crippen LogP contribution < -0.4 is 9.47 Å². The minimum Gasteiger partial charge on any atom is -0.485 e. The van der Waals surface area contributed by atoms with E-state index in [1.807, 2.05) is 18.2 Å². The van der Waals surface area contributed by atoms with Crippen LogP contribution in [0.3, 0.4) is 0 Å². The van der Waals surface area contributed by atoms with Crippen molar-refractivity contribution >= 4 is 5.91 Å². The number of ether oxygens (including phenoxy) is 2. The molecule has 1 aliphatic carbocycles. The fourth-order valence-electron chi connectivity index (χ4n) is 2.60. The molecule has 5 heteroatoms. The zero-order valence-electron chi connectivity index (χ0n) is 11.3. The summed E-state index contributed by atoms with van der Waals surface area (Å²) in [5, 5.41) is 9.14. The third kappa shape index (κ3) is 2.45. The number of aliphatic hydroxyl groups excluding tert-OH is 1. The smallest absolute Gasteiger partial charge is 0.267 e. The molecular weight excluding hydrogens is 258 g/mol. The average molecular weight is 277 g/mol. The summed E-state index contributed by atoms with van der Waals surface area (Å²) in [4.78, 5) is 14.3. The molecule has 0 radical (unpaired) electrons. The van der Waals surface area contributed by atoms with Gasteiger partial charge in [0.15, 0.2) is 11.5 Å². The number of fused-ring (bicyclic) bond motifs is 1. The predicted molar refractivity (Wildman–Crippen MR) is 72.8 cm³/mol. The van der Waals surface area contributed by atoms with E-state index in [1.165, 1.54) is 0 Å². The van der Waals surface area contributed by atoms with E-state index in [2.05, 4.69) is 0 Å². The summed E-state index contributed by atoms with van der Waals surface area (Å²) in [7, 11) is 0. The van der Waals surface area contributed by atoms with E-state index in [4.69, 9.17) is 14.6 Å². The van der Waals surface area contributed by atoms with Crippen LogP contribution in [0.25, 0.3) is 0 Å². The van der Waals surface area contributed by atoms with Gasteiger partial charge in [-0.2, -0.15) is 0 Å². The highest BCUT2D eigenvalue weighted by Crippen LogP contribution is 2.32. The zero-order chi connectivity index (χ0) is 13.9. The first-order valence-corrected chi connectivity index (χ1v) is 7.09. The lowest BCUT2D eigenvalue weighted by molar-refractivity contribution is -0.146. The fraction of sp³-hybridized carbons (Fsp3) is 0.533. The van der Waals surface area contributed by atoms with E-state index in [1.54, 1.807) is 11.0 Å². The van der Waals surface area contributed by atoms with Gasteiger partial charge in [-0.3, -0.25) is 4.79 Å². The Morgan fingerprint density at radius 2 is 2.05 bits per heavy atom. The number of carbonyl (C=O) groups excluding carboxylic acids is 1. The Hall–Kier alpha value is -1.75. The molecule has 1 saturated carbocycles. The minimum absolute atomic E-state index is 0.0214. The number of hydrogen-bond donors (Lipinski definition) is 1. The predicted octanol–water partition coefficient (Wildman–Crippen LogP) is 1.20. The standard InChI is InChI=1S/C15H19NO4/c17-9-8-16(11-4-3-5-11)15(18)14-10-19-12-6-1-2-7-13(12)20-14/h1-2,6-7,11,14,17H,3-5,8-10H2. The summed E-state index contributed by atoms with van der Waals surface area (Å²) in [6.07, 6.45) is 2.55. The summed E-state index contributed by atoms with van der Waals surface area (Å²) in [6.45, 7) is 0.571. The molecule has 1 aromatic rings. The Balaban J connectivity index is 1.70. The van der Waals surface area contributed by atoms with Crippen molar-refractivity contribution in [2.45, 2.75) is 31.4 Å². The summed E-state index contributed by atoms with van der Waals surface area (Å²) in [5.41, 5.74) is 0. The van der Waals surface area contributed by atoms with Crippen LogP contribution in [0.15, 0.2) is 24.3 Å². The van der Waals surface area contributed by atoms with Crippen LogP contribution in [0.4, 0.5) is 0 Å². The van der Waals surface area contributed by atoms with Crippen molar-refractivity contribution in [3.8, 4) is 11.5 Å². The van der Waals surface area contributed by atoms with Gasteiger partial charge in [-0.15, -0.1) is 0 Å². The molecule has 1 unspecified atom stereocenters. The van der Waals surface area contributed by atoms with Crippen LogP contribution in [0.5, 0.6) is 11.5 Å². The van der Waals surface area contributed by atoms with Gasteiger partial charge in [0.1, 0.15) is 6.61 Å². The lowest BCUT2D eigenvalue weighted by Crippen LogP contribution is -2.53. The van der Waals surface area contributed by atoms with E-state index < -0.39 is 6.10 Å². The Kier molecular flexibility index (Phi) is 3.78. The van der Waals surface area contributed by atoms with Crippen LogP contribution in [0.1, 0.15) is 19.3 Å². The maximum atomic E-state index is 12.5. The second-order valence-electron chi connectivity index (χ2n) is 5.20. The Bertz CT molecular complexity index is 487. The van der Waals surface area contributed by atoms with Crippen LogP contribution in [-0.4, -0.2) is 47.8 Å². The van der Waals surface area contributed by atoms with Crippen molar-refractivity contribution < 1.29 is 19.4 Å². The fourth-order valence-corrected chi connectivity index (χ4v) is 2.60. The van der Waals surface area contributed by atoms with Crippen molar-refractivity contribution in [1.82, 2.24) is 4.90 Å². The van der Waals surface area contributed by atoms with E-state index in [-0.39, 0.29) is 25.2 Å². The third-order valence-corrected chi connectivity index (χ3v) is 3.92. The van der Waals surface area contributed by atoms with Gasteiger partial charge in [0.25, 0.3) is 5.91 Å². The molecule has 1 N–H and O–H groups in total. The molecule has 0 spiro atoms. The summed E-state index contributed by atoms with van der Waals surface area (Å²) < 4.78 is 11.3. The van der Waals surface area contributed by atoms with Crippen LogP contribution >= 0.6 is 0 Å². The molecule has 0 saturated heterocycles. The molecule has 5 nitrogen and oxygen atoms in total. The maximum absolute atomic E-state index is 12.5. The maximum Gasteiger partial charge on any atom is 0.267 e. The van der Waals surface area contributed by atoms with E-state index in [0.29, 0.717) is 18.0 Å². The molecule has 1 heterocycles. The molecule has 1 fully saturated rings. The van der Waals surface area contributed by atoms with Gasteiger partial charge in [-0.05, 0) is 31.4 Å². The Morgan fingerprint density at radius 3 is 2.70 bits per heavy atom. The second-order valence-corrected chi connectivity index (χ2v) is 5.20. The molecular formula is C15H19NO4. The lowest BCUT2D eigenvalue weighted by Gasteiger charge is -2.39. The van der Waals surface area contributed by atoms with Crippen molar-refractivity contribution in [1.29, 1.82) is 0 Å². The monoisotopic (exact) mass is 277 g/mol. The Morgan fingerprint density at radius 1 is 1.30 bits per heavy atom. The SMILES string of the molecule is O=C(C1COc2ccccc2O1)N(CCO)C1CCC1. The van der Waals surface area contributed by atoms with Gasteiger partial charge < -0.3 is 19.5 Å². The highest BCUT2D eigenvalue weighted by molar-refractivity contribution is 5.82. The molecule has 1 atom stereocenters. The average Bonchev–Trinajstić information content (AvgIpc) is 2.43. The molecule has 0 bridgehead atoms. The van der Waals surface area contributed by atoms with Crippen molar-refractivity contribution in [3.05, 3.63) is 24.3 Å². The first kappa shape index (κ1) is 13.2. The lowest BCUT2D eigenvalue weighted by atomic mass is 9.91. The number of carbonyl (C=O) groups is 1. The van der Waals surface area contributed by atoms with E-state index >= 15 is 0 Å². The number of para-hydroxylation sites is 2. The number of benzene rings is 1. The van der Waals surface area contributed by atoms with E-state index in [0.717, 1.165) is 19.3 Å². The molecule has 20 heavy (non-hydrogen) atoms. The molecule has 3 rings (SSSR count). The first-order chi connectivity index (χ1) is 9.79. The number of amides is 1. The molecule has 2 aliphatic rings. The summed E-state index contributed by atoms with van der Waals surface area (Å²) in [5.74, 6) is 1.20. The molecule has 0 aromatic heterocycles. The summed E-state index contributed by atoms with van der Waals surface area (Å²) in [6, 6.07) is 7.60. The van der Waals surface area contributed by atoms with Crippen LogP contribution in [0, 0.1) is 0 Å². The summed E-state index contributed by atoms with van der Waals surface area (Å²) >= 11 is 0. The quantitative estimate of drug-likeness (QED) is 0.898. The highest BCUT2D eigenvalue weighted by atomic mass is 16.6. The normalized spacial score (nSPS) is 21.1. The van der Waals surface area contributed by atoms with Gasteiger partial charge in [0.05, 0.1) is 6.61 Å². The zero-order valence-corrected chi connectivity index (χ0v) is 11.3. The third-order valence-electron chi connectivity index (χ3n) is 3.92. The largest absolute Gasteiger partial charge is 0.485 e. The number of aliphatic hydroxyl groups is 1. The van der Waals surface area contributed by atoms with Gasteiger partial charge in [-0.1, -0.05) is 12.1 Å². The van der Waals surface area contributed by atoms with Gasteiger partial charge in [0, 0.05) is 12.6 Å². The van der Waals surface area contributed by atoms with Crippen LogP contribution in [0.2, 0.25) is 0 Å². The number of rotatable bonds is 4. The number of hydrogen-bond acceptors (Lipinski definition) is 4. The number of nitrogens with zero attached hydrogens (tertiary/aromatic N) is 1. The van der Waals surface area contributed by atoms with E-state index in [9.17, 15) is 4.79 Å². The van der Waals surface area contributed by atoms with Gasteiger partial charge in [-0.25, -0.2) is 0 Å². The topological polar surface area (TPSA) is 59.0 Å². The van der Waals surface area contributed by atoms with Crippen molar-refractivity contribution in [2.75, 3.05) is 19.8 Å².